The van der Waals surface area contributed by atoms with Crippen molar-refractivity contribution in [1.29, 1.82) is 0 Å². The molecular formula is C18H21N3O2S. The second-order valence-electron chi connectivity index (χ2n) is 7.09. The van der Waals surface area contributed by atoms with Gasteiger partial charge in [-0.3, -0.25) is 9.69 Å². The first-order valence-corrected chi connectivity index (χ1v) is 9.64. The van der Waals surface area contributed by atoms with Gasteiger partial charge in [0.1, 0.15) is 0 Å². The molecule has 1 aromatic carbocycles. The average Bonchev–Trinajstić information content (AvgIpc) is 3.36. The van der Waals surface area contributed by atoms with Crippen LogP contribution >= 0.6 is 11.3 Å². The van der Waals surface area contributed by atoms with Crippen molar-refractivity contribution >= 4 is 27.5 Å². The minimum Gasteiger partial charge on any atom is -0.378 e. The molecule has 0 spiro atoms. The lowest BCUT2D eigenvalue weighted by Gasteiger charge is -2.48. The Labute approximate surface area is 145 Å². The summed E-state index contributed by atoms with van der Waals surface area (Å²) in [6.45, 7) is 4.18. The smallest absolute Gasteiger partial charge is 0.255 e. The van der Waals surface area contributed by atoms with Gasteiger partial charge in [0.15, 0.2) is 0 Å². The Bertz CT molecular complexity index is 772. The van der Waals surface area contributed by atoms with Crippen LogP contribution in [0, 0.1) is 5.92 Å². The fourth-order valence-corrected chi connectivity index (χ4v) is 4.97. The van der Waals surface area contributed by atoms with Crippen LogP contribution in [-0.2, 0) is 4.74 Å². The molecule has 24 heavy (non-hydrogen) atoms. The van der Waals surface area contributed by atoms with Crippen LogP contribution in [0.2, 0.25) is 0 Å². The highest BCUT2D eigenvalue weighted by molar-refractivity contribution is 7.17. The van der Waals surface area contributed by atoms with E-state index in [4.69, 9.17) is 4.74 Å². The summed E-state index contributed by atoms with van der Waals surface area (Å²) in [6, 6.07) is 6.75. The Kier molecular flexibility index (Phi) is 3.57. The maximum absolute atomic E-state index is 13.1. The molecule has 3 heterocycles. The SMILES string of the molecule is O=C(c1cccc2ncsc12)N1CCN2[C@@H](COC[C@@H]2C2CC2)C1. The van der Waals surface area contributed by atoms with Crippen molar-refractivity contribution in [1.82, 2.24) is 14.8 Å². The molecule has 0 bridgehead atoms. The number of amides is 1. The summed E-state index contributed by atoms with van der Waals surface area (Å²) in [7, 11) is 0. The number of carbonyl (C=O) groups excluding carboxylic acids is 1. The quantitative estimate of drug-likeness (QED) is 0.839. The summed E-state index contributed by atoms with van der Waals surface area (Å²) in [6.07, 6.45) is 2.68. The number of piperazine rings is 1. The molecule has 1 amide bonds. The predicted octanol–water partition coefficient (Wildman–Crippen LogP) is 2.23. The van der Waals surface area contributed by atoms with Gasteiger partial charge in [0, 0.05) is 25.7 Å². The number of ether oxygens (including phenoxy) is 1. The minimum absolute atomic E-state index is 0.137. The minimum atomic E-state index is 0.137. The maximum atomic E-state index is 13.1. The van der Waals surface area contributed by atoms with Crippen molar-refractivity contribution in [2.75, 3.05) is 32.8 Å². The number of thiazole rings is 1. The summed E-state index contributed by atoms with van der Waals surface area (Å²) < 4.78 is 6.86. The lowest BCUT2D eigenvalue weighted by molar-refractivity contribution is -0.0816. The van der Waals surface area contributed by atoms with Gasteiger partial charge in [-0.2, -0.15) is 0 Å². The molecule has 5 rings (SSSR count). The predicted molar refractivity (Wildman–Crippen MR) is 93.3 cm³/mol. The van der Waals surface area contributed by atoms with Gasteiger partial charge in [-0.15, -0.1) is 11.3 Å². The fraction of sp³-hybridized carbons (Fsp3) is 0.556. The Balaban J connectivity index is 1.37. The third-order valence-electron chi connectivity index (χ3n) is 5.59. The normalized spacial score (nSPS) is 28.1. The first kappa shape index (κ1) is 14.8. The number of hydrogen-bond donors (Lipinski definition) is 0. The van der Waals surface area contributed by atoms with Gasteiger partial charge in [-0.05, 0) is 30.9 Å². The Morgan fingerprint density at radius 2 is 2.17 bits per heavy atom. The number of hydrogen-bond acceptors (Lipinski definition) is 5. The third-order valence-corrected chi connectivity index (χ3v) is 6.47. The molecule has 1 aromatic heterocycles. The van der Waals surface area contributed by atoms with Gasteiger partial charge in [0.05, 0.1) is 40.5 Å². The van der Waals surface area contributed by atoms with Crippen molar-refractivity contribution in [2.45, 2.75) is 24.9 Å². The van der Waals surface area contributed by atoms with Crippen LogP contribution in [0.4, 0.5) is 0 Å². The van der Waals surface area contributed by atoms with Gasteiger partial charge in [-0.25, -0.2) is 4.98 Å². The van der Waals surface area contributed by atoms with E-state index in [1.54, 1.807) is 11.3 Å². The van der Waals surface area contributed by atoms with Crippen LogP contribution in [0.1, 0.15) is 23.2 Å². The largest absolute Gasteiger partial charge is 0.378 e. The van der Waals surface area contributed by atoms with Crippen molar-refractivity contribution < 1.29 is 9.53 Å². The molecular weight excluding hydrogens is 322 g/mol. The zero-order valence-corrected chi connectivity index (χ0v) is 14.4. The van der Waals surface area contributed by atoms with Crippen LogP contribution in [0.3, 0.4) is 0 Å². The zero-order valence-electron chi connectivity index (χ0n) is 13.6. The van der Waals surface area contributed by atoms with Gasteiger partial charge < -0.3 is 9.64 Å². The number of fused-ring (bicyclic) bond motifs is 2. The van der Waals surface area contributed by atoms with E-state index < -0.39 is 0 Å². The van der Waals surface area contributed by atoms with E-state index in [9.17, 15) is 4.79 Å². The lowest BCUT2D eigenvalue weighted by atomic mass is 10.0. The molecule has 0 unspecified atom stereocenters. The molecule has 3 fully saturated rings. The van der Waals surface area contributed by atoms with Crippen LogP contribution in [0.15, 0.2) is 23.7 Å². The number of benzene rings is 1. The van der Waals surface area contributed by atoms with Gasteiger partial charge in [-0.1, -0.05) is 6.07 Å². The van der Waals surface area contributed by atoms with E-state index in [0.717, 1.165) is 54.5 Å². The van der Waals surface area contributed by atoms with E-state index in [-0.39, 0.29) is 5.91 Å². The van der Waals surface area contributed by atoms with Crippen molar-refractivity contribution in [2.24, 2.45) is 5.92 Å². The summed E-state index contributed by atoms with van der Waals surface area (Å²) >= 11 is 1.55. The second-order valence-corrected chi connectivity index (χ2v) is 7.95. The Hall–Kier alpha value is -1.50. The summed E-state index contributed by atoms with van der Waals surface area (Å²) in [5.74, 6) is 0.957. The fourth-order valence-electron chi connectivity index (χ4n) is 4.17. The number of carbonyl (C=O) groups is 1. The van der Waals surface area contributed by atoms with E-state index in [2.05, 4.69) is 9.88 Å². The number of aromatic nitrogens is 1. The van der Waals surface area contributed by atoms with E-state index >= 15 is 0 Å². The topological polar surface area (TPSA) is 45.7 Å². The van der Waals surface area contributed by atoms with E-state index in [0.29, 0.717) is 12.1 Å². The second kappa shape index (κ2) is 5.79. The molecule has 1 saturated carbocycles. The molecule has 0 radical (unpaired) electrons. The van der Waals surface area contributed by atoms with Crippen molar-refractivity contribution in [3.63, 3.8) is 0 Å². The molecule has 6 heteroatoms. The summed E-state index contributed by atoms with van der Waals surface area (Å²) in [4.78, 5) is 22.0. The third kappa shape index (κ3) is 2.44. The van der Waals surface area contributed by atoms with Crippen LogP contribution < -0.4 is 0 Å². The maximum Gasteiger partial charge on any atom is 0.255 e. The molecule has 2 aromatic rings. The molecule has 126 valence electrons. The molecule has 0 N–H and O–H groups in total. The average molecular weight is 343 g/mol. The summed E-state index contributed by atoms with van der Waals surface area (Å²) in [5.41, 5.74) is 3.52. The van der Waals surface area contributed by atoms with E-state index in [1.807, 2.05) is 28.6 Å². The highest BCUT2D eigenvalue weighted by Crippen LogP contribution is 2.38. The summed E-state index contributed by atoms with van der Waals surface area (Å²) in [5, 5.41) is 0. The standard InChI is InChI=1S/C18H21N3O2S/c22-18(14-2-1-3-15-17(14)24-11-19-15)20-6-7-21-13(8-20)9-23-10-16(21)12-4-5-12/h1-3,11-13,16H,4-10H2/t13-,16-/m1/s1. The van der Waals surface area contributed by atoms with Crippen molar-refractivity contribution in [3.8, 4) is 0 Å². The monoisotopic (exact) mass is 343 g/mol. The Morgan fingerprint density at radius 3 is 3.04 bits per heavy atom. The molecule has 5 nitrogen and oxygen atoms in total. The molecule has 1 aliphatic carbocycles. The molecule has 2 aliphatic heterocycles. The Morgan fingerprint density at radius 1 is 1.25 bits per heavy atom. The zero-order chi connectivity index (χ0) is 16.1. The van der Waals surface area contributed by atoms with Crippen LogP contribution in [0.25, 0.3) is 10.2 Å². The van der Waals surface area contributed by atoms with Crippen LogP contribution in [0.5, 0.6) is 0 Å². The van der Waals surface area contributed by atoms with Crippen molar-refractivity contribution in [3.05, 3.63) is 29.3 Å². The molecule has 2 atom stereocenters. The van der Waals surface area contributed by atoms with Gasteiger partial charge in [0.2, 0.25) is 0 Å². The lowest BCUT2D eigenvalue weighted by Crippen LogP contribution is -2.63. The molecule has 3 aliphatic rings. The van der Waals surface area contributed by atoms with Gasteiger partial charge in [0.25, 0.3) is 5.91 Å². The van der Waals surface area contributed by atoms with E-state index in [1.165, 1.54) is 12.8 Å². The number of nitrogens with zero attached hydrogens (tertiary/aromatic N) is 3. The first-order valence-electron chi connectivity index (χ1n) is 8.76. The van der Waals surface area contributed by atoms with Crippen LogP contribution in [-0.4, -0.2) is 65.6 Å². The number of morpholine rings is 1. The highest BCUT2D eigenvalue weighted by atomic mass is 32.1. The highest BCUT2D eigenvalue weighted by Gasteiger charge is 2.43. The first-order chi connectivity index (χ1) is 11.8. The van der Waals surface area contributed by atoms with Gasteiger partial charge >= 0.3 is 0 Å². The molecule has 2 saturated heterocycles. The number of rotatable bonds is 2.